The molecule has 37 heteroatoms. The molecule has 7 saturated heterocycles. The maximum Gasteiger partial charge on any atom is 0.422 e. The Morgan fingerprint density at radius 1 is 0.406 bits per heavy atom. The third-order valence-corrected chi connectivity index (χ3v) is 18.1. The molecule has 0 saturated carbocycles. The lowest BCUT2D eigenvalue weighted by molar-refractivity contribution is -0.130. The van der Waals surface area contributed by atoms with Crippen molar-refractivity contribution in [3.05, 3.63) is 142 Å². The van der Waals surface area contributed by atoms with Gasteiger partial charge in [0.15, 0.2) is 34.1 Å². The normalized spacial score (nSPS) is 20.2. The van der Waals surface area contributed by atoms with Gasteiger partial charge >= 0.3 is 18.2 Å². The Kier molecular flexibility index (Phi) is 31.1. The number of carbonyl (C=O) groups is 11. The molecule has 0 bridgehead atoms. The van der Waals surface area contributed by atoms with Gasteiger partial charge < -0.3 is 28.6 Å². The van der Waals surface area contributed by atoms with Crippen LogP contribution in [0.15, 0.2) is 167 Å². The third-order valence-electron chi connectivity index (χ3n) is 12.4. The fraction of sp³-hybridized carbons (Fsp3) is 0.254. The summed E-state index contributed by atoms with van der Waals surface area (Å²) in [5.41, 5.74) is 4.87. The molecule has 11 aliphatic heterocycles. The van der Waals surface area contributed by atoms with E-state index < -0.39 is 30.0 Å². The van der Waals surface area contributed by atoms with Crippen LogP contribution in [0.1, 0.15) is 41.5 Å². The fourth-order valence-electron chi connectivity index (χ4n) is 6.62. The fourth-order valence-corrected chi connectivity index (χ4v) is 10.6. The minimum Gasteiger partial charge on any atom is -0.426 e. The number of thiocarbonyl (C=S) groups is 4. The van der Waals surface area contributed by atoms with Crippen molar-refractivity contribution < 1.29 is 76.4 Å². The molecule has 29 nitrogen and oxygen atoms in total. The van der Waals surface area contributed by atoms with Gasteiger partial charge in [-0.2, -0.15) is 0 Å². The van der Waals surface area contributed by atoms with E-state index in [1.165, 1.54) is 86.3 Å². The number of amidine groups is 3. The average Bonchev–Trinajstić information content (AvgIpc) is 1.55. The highest BCUT2D eigenvalue weighted by atomic mass is 32.2. The molecule has 0 N–H and O–H groups in total. The van der Waals surface area contributed by atoms with E-state index in [0.717, 1.165) is 56.9 Å². The predicted octanol–water partition coefficient (Wildman–Crippen LogP) is 7.99. The molecule has 11 rings (SSSR count). The maximum atomic E-state index is 11.8. The number of aliphatic imine (C=N–C) groups is 5. The summed E-state index contributed by atoms with van der Waals surface area (Å²) in [7, 11) is 14.2. The number of carbonyl (C=O) groups excluding carboxylic acids is 11. The minimum absolute atomic E-state index is 0.0504. The van der Waals surface area contributed by atoms with Gasteiger partial charge in [0, 0.05) is 81.0 Å². The van der Waals surface area contributed by atoms with Gasteiger partial charge in [0.1, 0.15) is 30.9 Å². The number of esters is 1. The zero-order valence-electron chi connectivity index (χ0n) is 54.7. The van der Waals surface area contributed by atoms with Crippen molar-refractivity contribution in [1.29, 1.82) is 0 Å². The Labute approximate surface area is 591 Å². The monoisotopic (exact) mass is 1470 g/mol. The largest absolute Gasteiger partial charge is 0.426 e. The van der Waals surface area contributed by atoms with Crippen molar-refractivity contribution in [2.75, 3.05) is 63.4 Å². The van der Waals surface area contributed by atoms with Crippen LogP contribution in [0.3, 0.4) is 0 Å². The average molecular weight is 1470 g/mol. The van der Waals surface area contributed by atoms with Crippen molar-refractivity contribution in [2.45, 2.75) is 41.5 Å². The van der Waals surface area contributed by atoms with Crippen LogP contribution >= 0.6 is 95.9 Å². The molecule has 0 aromatic heterocycles. The van der Waals surface area contributed by atoms with Crippen molar-refractivity contribution >= 4 is 208 Å². The van der Waals surface area contributed by atoms with Crippen molar-refractivity contribution in [2.24, 2.45) is 25.0 Å². The van der Waals surface area contributed by atoms with E-state index in [1.54, 1.807) is 65.9 Å². The number of allylic oxidation sites excluding steroid dienone is 3. The SMILES string of the molecule is C=C1N=C(C)OC1=O.C=C1N=C2C(C)=C(C)C(C)=C(C)N2C1=O.C=C1OC(=NC)N(C)C1=O.C=C1OC(=O)N(C)C1=O.C=C1OC(=O)N(C)C1=O.C=C1OC(=S)N(C)C1=O.C=C1SC(=NC)N(C)C1=O.C=C1SC(=S)N(C)C1=O.C=C1SC(=S)N(C)C1=S.C=C1SC(C)=NC1=O. The number of hydrogen-bond donors (Lipinski definition) is 0. The number of imide groups is 2. The molecular formula is C59H65N13O16S8. The summed E-state index contributed by atoms with van der Waals surface area (Å²) in [6.07, 6.45) is -1.32. The van der Waals surface area contributed by atoms with Gasteiger partial charge in [-0.25, -0.2) is 44.2 Å². The zero-order valence-corrected chi connectivity index (χ0v) is 61.2. The second-order valence-electron chi connectivity index (χ2n) is 19.0. The first-order valence-corrected chi connectivity index (χ1v) is 31.3. The lowest BCUT2D eigenvalue weighted by atomic mass is 9.96. The topological polar surface area (TPSA) is 322 Å². The number of rotatable bonds is 0. The summed E-state index contributed by atoms with van der Waals surface area (Å²) in [4.78, 5) is 151. The van der Waals surface area contributed by atoms with E-state index in [4.69, 9.17) is 46.1 Å². The van der Waals surface area contributed by atoms with Crippen LogP contribution in [-0.2, 0) is 66.8 Å². The van der Waals surface area contributed by atoms with Gasteiger partial charge in [0.05, 0.1) is 19.8 Å². The predicted molar refractivity (Wildman–Crippen MR) is 387 cm³/mol. The first kappa shape index (κ1) is 82.9. The molecule has 0 spiro atoms. The van der Waals surface area contributed by atoms with Gasteiger partial charge in [-0.05, 0) is 88.5 Å². The minimum atomic E-state index is -0.662. The number of amides is 10. The molecule has 11 aliphatic rings. The number of ether oxygens (including phenoxy) is 5. The van der Waals surface area contributed by atoms with Crippen LogP contribution in [0.4, 0.5) is 9.59 Å². The van der Waals surface area contributed by atoms with Gasteiger partial charge in [0.2, 0.25) is 0 Å². The van der Waals surface area contributed by atoms with Crippen LogP contribution in [-0.4, -0.2) is 215 Å². The lowest BCUT2D eigenvalue weighted by Gasteiger charge is -2.27. The molecular weight excluding hydrogens is 1400 g/mol. The van der Waals surface area contributed by atoms with E-state index in [-0.39, 0.29) is 69.4 Å². The van der Waals surface area contributed by atoms with Gasteiger partial charge in [-0.3, -0.25) is 67.8 Å². The highest BCUT2D eigenvalue weighted by molar-refractivity contribution is 8.27. The van der Waals surface area contributed by atoms with Gasteiger partial charge in [-0.15, -0.1) is 0 Å². The lowest BCUT2D eigenvalue weighted by Crippen LogP contribution is -2.34. The van der Waals surface area contributed by atoms with Crippen LogP contribution in [0.25, 0.3) is 0 Å². The molecule has 0 aromatic carbocycles. The maximum absolute atomic E-state index is 11.8. The molecule has 11 heterocycles. The Bertz CT molecular complexity index is 3550. The number of nitrogens with zero attached hydrogens (tertiary/aromatic N) is 13. The number of thioether (sulfide) groups is 4. The van der Waals surface area contributed by atoms with Crippen LogP contribution in [0.2, 0.25) is 0 Å². The summed E-state index contributed by atoms with van der Waals surface area (Å²) in [5, 5.41) is 1.68. The van der Waals surface area contributed by atoms with Crippen LogP contribution < -0.4 is 0 Å². The Balaban J connectivity index is 0.000000365. The molecule has 510 valence electrons. The van der Waals surface area contributed by atoms with E-state index in [2.05, 4.69) is 124 Å². The molecule has 7 fully saturated rings. The number of fused-ring (bicyclic) bond motifs is 1. The molecule has 0 aromatic rings. The summed E-state index contributed by atoms with van der Waals surface area (Å²) >= 11 is 24.7. The third kappa shape index (κ3) is 21.4. The summed E-state index contributed by atoms with van der Waals surface area (Å²) < 4.78 is 24.1. The molecule has 0 aliphatic carbocycles. The van der Waals surface area contributed by atoms with E-state index in [1.807, 2.05) is 27.8 Å². The van der Waals surface area contributed by atoms with Crippen LogP contribution in [0.5, 0.6) is 0 Å². The first-order valence-electron chi connectivity index (χ1n) is 26.4. The van der Waals surface area contributed by atoms with E-state index >= 15 is 0 Å². The van der Waals surface area contributed by atoms with Crippen molar-refractivity contribution in [3.8, 4) is 0 Å². The summed E-state index contributed by atoms with van der Waals surface area (Å²) in [5.74, 6) is -1.18. The standard InChI is InChI=1S/C12H14N2O.C6H8N2O2.C6H8N2OS.2C5H5NO3.C5H5NO2S.C5H5NO2.C5H5NOS2.C5H5NOS.C5H5NS3/c1-6-7(2)10(5)14-11(8(6)3)13-9(4)12(14)15;2*1-4-5(9)8(3)6(7-2)10-4;2*1-3-4(7)6(2)5(8)9-3;1-3-4(7)6(2)5(9)8-3;1-3-5(7)8-4(2)6-3;1-3-4(7)6(2)5(8)9-3;1-3-5(7)6-4(2)8-3;1-3-4(7)6(2)5(8)9-3/h4H2,1-3,5H3;2*1H2,2-3H3;3*1H2,2H3;1H2,2H3;1H2,2H3;1H2,2H3;1H2,2H3. The number of likely N-dealkylation sites (N-methyl/N-ethyl adjacent to an activating group) is 7. The zero-order chi connectivity index (χ0) is 74.1. The second kappa shape index (κ2) is 36.0. The Hall–Kier alpha value is -9.24. The molecule has 0 atom stereocenters. The smallest absolute Gasteiger partial charge is 0.422 e. The van der Waals surface area contributed by atoms with E-state index in [0.29, 0.717) is 36.7 Å². The Morgan fingerprint density at radius 3 is 1.05 bits per heavy atom. The van der Waals surface area contributed by atoms with Crippen molar-refractivity contribution in [1.82, 2.24) is 39.2 Å². The summed E-state index contributed by atoms with van der Waals surface area (Å²) in [6, 6.07) is 0.301. The van der Waals surface area contributed by atoms with Gasteiger partial charge in [-0.1, -0.05) is 125 Å². The summed E-state index contributed by atoms with van der Waals surface area (Å²) in [6.45, 7) is 45.8. The van der Waals surface area contributed by atoms with Crippen LogP contribution in [0, 0.1) is 0 Å². The quantitative estimate of drug-likeness (QED) is 0.0959. The second-order valence-corrected chi connectivity index (χ2v) is 25.5. The highest BCUT2D eigenvalue weighted by Gasteiger charge is 2.37. The molecule has 96 heavy (non-hydrogen) atoms. The molecule has 10 amide bonds. The molecule has 0 radical (unpaired) electrons. The molecule has 0 unspecified atom stereocenters. The Morgan fingerprint density at radius 2 is 0.854 bits per heavy atom. The number of hydrogen-bond acceptors (Lipinski definition) is 28. The first-order chi connectivity index (χ1) is 44.3. The highest BCUT2D eigenvalue weighted by Crippen LogP contribution is 2.34. The van der Waals surface area contributed by atoms with Crippen molar-refractivity contribution in [3.63, 3.8) is 0 Å². The van der Waals surface area contributed by atoms with Gasteiger partial charge in [0.25, 0.3) is 58.5 Å². The van der Waals surface area contributed by atoms with E-state index in [9.17, 15) is 52.7 Å². The number of cyclic esters (lactones) is 3.